The van der Waals surface area contributed by atoms with Gasteiger partial charge < -0.3 is 20.0 Å². The van der Waals surface area contributed by atoms with Gasteiger partial charge >= 0.3 is 0 Å². The van der Waals surface area contributed by atoms with Crippen LogP contribution in [0.1, 0.15) is 25.7 Å². The standard InChI is InChI=1S/C20H24N2O6S2/c1-29-19-7-9-11(23)3-5-13(25)15(9)21(19)18(28)20(30-2)8-10-12(24)4-6-14(26)16(10)22(20)17(19)27/h3,5,9-10,13-16,25-26H,4,6-8H2,1-2H3/t9-,10+,13+,14-,15+,16+,19+,20+/m0/s1. The fraction of sp³-hybridized carbons (Fsp3) is 0.700. The van der Waals surface area contributed by atoms with Crippen molar-refractivity contribution in [2.24, 2.45) is 11.8 Å². The minimum Gasteiger partial charge on any atom is -0.391 e. The van der Waals surface area contributed by atoms with E-state index >= 15 is 0 Å². The Hall–Kier alpha value is -1.36. The summed E-state index contributed by atoms with van der Waals surface area (Å²) in [5.74, 6) is -2.16. The maximum absolute atomic E-state index is 14.1. The Kier molecular flexibility index (Phi) is 4.50. The number of nitrogens with zero attached hydrogens (tertiary/aromatic N) is 2. The molecular weight excluding hydrogens is 428 g/mol. The number of allylic oxidation sites excluding steroid dienone is 1. The van der Waals surface area contributed by atoms with Crippen LogP contribution in [0.2, 0.25) is 0 Å². The van der Waals surface area contributed by atoms with Crippen LogP contribution in [0.15, 0.2) is 12.2 Å². The highest BCUT2D eigenvalue weighted by molar-refractivity contribution is 8.01. The summed E-state index contributed by atoms with van der Waals surface area (Å²) in [4.78, 5) is 53.7. The fourth-order valence-corrected chi connectivity index (χ4v) is 8.29. The number of amides is 2. The molecule has 30 heavy (non-hydrogen) atoms. The van der Waals surface area contributed by atoms with Crippen LogP contribution in [0.4, 0.5) is 0 Å². The summed E-state index contributed by atoms with van der Waals surface area (Å²) in [6.45, 7) is 0. The van der Waals surface area contributed by atoms with Crippen molar-refractivity contribution in [3.8, 4) is 0 Å². The monoisotopic (exact) mass is 452 g/mol. The number of hydrogen-bond donors (Lipinski definition) is 2. The van der Waals surface area contributed by atoms with Crippen molar-refractivity contribution in [3.63, 3.8) is 0 Å². The summed E-state index contributed by atoms with van der Waals surface area (Å²) in [5, 5.41) is 21.4. The van der Waals surface area contributed by atoms with Gasteiger partial charge in [-0.2, -0.15) is 0 Å². The van der Waals surface area contributed by atoms with E-state index in [1.54, 1.807) is 12.5 Å². The highest BCUT2D eigenvalue weighted by Gasteiger charge is 2.75. The van der Waals surface area contributed by atoms with Crippen LogP contribution >= 0.6 is 23.5 Å². The van der Waals surface area contributed by atoms with Gasteiger partial charge in [-0.15, -0.1) is 23.5 Å². The van der Waals surface area contributed by atoms with E-state index in [4.69, 9.17) is 0 Å². The van der Waals surface area contributed by atoms with Crippen molar-refractivity contribution in [2.75, 3.05) is 12.5 Å². The van der Waals surface area contributed by atoms with Crippen LogP contribution in [0.3, 0.4) is 0 Å². The summed E-state index contributed by atoms with van der Waals surface area (Å²) in [5.41, 5.74) is 0. The number of ketones is 2. The number of aliphatic hydroxyl groups excluding tert-OH is 2. The van der Waals surface area contributed by atoms with Gasteiger partial charge in [0.1, 0.15) is 5.78 Å². The Balaban J connectivity index is 1.69. The Morgan fingerprint density at radius 3 is 2.10 bits per heavy atom. The molecule has 0 spiro atoms. The topological polar surface area (TPSA) is 115 Å². The molecule has 10 heteroatoms. The first kappa shape index (κ1) is 20.5. The van der Waals surface area contributed by atoms with Gasteiger partial charge in [0, 0.05) is 31.1 Å². The molecule has 0 aromatic carbocycles. The SMILES string of the molecule is CS[C@@]12C[C@@H]3C(=O)CC[C@H](O)[C@@H]3N1C(=O)[C@]1(SC)C[C@H]3C(=O)C=C[C@@H](O)[C@@H]3N1C2=O. The molecule has 0 bridgehead atoms. The van der Waals surface area contributed by atoms with Crippen molar-refractivity contribution in [1.29, 1.82) is 0 Å². The third-order valence-electron chi connectivity index (χ3n) is 7.64. The number of piperazine rings is 1. The smallest absolute Gasteiger partial charge is 0.261 e. The maximum Gasteiger partial charge on any atom is 0.261 e. The molecule has 0 radical (unpaired) electrons. The first-order valence-corrected chi connectivity index (χ1v) is 12.6. The molecule has 2 N–H and O–H groups in total. The molecule has 8 nitrogen and oxygen atoms in total. The normalized spacial score (nSPS) is 47.3. The predicted molar refractivity (Wildman–Crippen MR) is 110 cm³/mol. The quantitative estimate of drug-likeness (QED) is 0.591. The zero-order chi connectivity index (χ0) is 21.6. The third-order valence-corrected chi connectivity index (χ3v) is 10.1. The number of thioether (sulfide) groups is 2. The lowest BCUT2D eigenvalue weighted by Crippen LogP contribution is -2.75. The van der Waals surface area contributed by atoms with E-state index in [-0.39, 0.29) is 49.1 Å². The average Bonchev–Trinajstić information content (AvgIpc) is 3.29. The molecule has 3 heterocycles. The van der Waals surface area contributed by atoms with E-state index in [0.29, 0.717) is 0 Å². The first-order valence-electron chi connectivity index (χ1n) is 10.1. The molecule has 1 saturated carbocycles. The van der Waals surface area contributed by atoms with Crippen LogP contribution in [-0.4, -0.2) is 89.9 Å². The molecule has 0 unspecified atom stereocenters. The van der Waals surface area contributed by atoms with Gasteiger partial charge in [0.2, 0.25) is 0 Å². The highest BCUT2D eigenvalue weighted by atomic mass is 32.2. The van der Waals surface area contributed by atoms with E-state index < -0.39 is 45.9 Å². The van der Waals surface area contributed by atoms with Crippen LogP contribution in [0.25, 0.3) is 0 Å². The molecule has 162 valence electrons. The molecule has 5 rings (SSSR count). The molecule has 2 amide bonds. The molecule has 5 aliphatic rings. The molecule has 3 aliphatic heterocycles. The minimum atomic E-state index is -1.33. The third kappa shape index (κ3) is 2.23. The molecule has 8 atom stereocenters. The van der Waals surface area contributed by atoms with Gasteiger partial charge in [-0.1, -0.05) is 6.08 Å². The molecule has 0 aromatic heterocycles. The van der Waals surface area contributed by atoms with E-state index in [1.807, 2.05) is 0 Å². The lowest BCUT2D eigenvalue weighted by atomic mass is 9.81. The summed E-state index contributed by atoms with van der Waals surface area (Å²) < 4.78 is 0. The Labute approximate surface area is 182 Å². The number of hydrogen-bond acceptors (Lipinski definition) is 8. The van der Waals surface area contributed by atoms with Crippen molar-refractivity contribution in [2.45, 2.75) is 59.7 Å². The van der Waals surface area contributed by atoms with Gasteiger partial charge in [-0.25, -0.2) is 0 Å². The number of fused-ring (bicyclic) bond motifs is 6. The van der Waals surface area contributed by atoms with Crippen molar-refractivity contribution >= 4 is 46.9 Å². The molecule has 3 saturated heterocycles. The van der Waals surface area contributed by atoms with Crippen LogP contribution in [-0.2, 0) is 19.2 Å². The summed E-state index contributed by atoms with van der Waals surface area (Å²) in [7, 11) is 0. The van der Waals surface area contributed by atoms with E-state index in [1.165, 1.54) is 45.5 Å². The van der Waals surface area contributed by atoms with E-state index in [0.717, 1.165) is 0 Å². The second-order valence-electron chi connectivity index (χ2n) is 8.75. The number of carbonyl (C=O) groups is 4. The summed E-state index contributed by atoms with van der Waals surface area (Å²) in [6, 6.07) is -1.54. The molecule has 4 fully saturated rings. The van der Waals surface area contributed by atoms with Crippen molar-refractivity contribution < 1.29 is 29.4 Å². The second kappa shape index (κ2) is 6.57. The largest absolute Gasteiger partial charge is 0.391 e. The fourth-order valence-electron chi connectivity index (χ4n) is 6.25. The van der Waals surface area contributed by atoms with Gasteiger partial charge in [0.25, 0.3) is 11.8 Å². The average molecular weight is 453 g/mol. The van der Waals surface area contributed by atoms with Crippen molar-refractivity contribution in [3.05, 3.63) is 12.2 Å². The zero-order valence-corrected chi connectivity index (χ0v) is 18.3. The van der Waals surface area contributed by atoms with Crippen molar-refractivity contribution in [1.82, 2.24) is 9.80 Å². The van der Waals surface area contributed by atoms with Gasteiger partial charge in [-0.05, 0) is 25.0 Å². The Morgan fingerprint density at radius 1 is 0.933 bits per heavy atom. The van der Waals surface area contributed by atoms with Crippen LogP contribution in [0, 0.1) is 11.8 Å². The second-order valence-corrected chi connectivity index (χ2v) is 10.9. The Morgan fingerprint density at radius 2 is 1.50 bits per heavy atom. The minimum absolute atomic E-state index is 0.0271. The maximum atomic E-state index is 14.1. The number of aliphatic hydroxyl groups is 2. The lowest BCUT2D eigenvalue weighted by Gasteiger charge is -2.54. The zero-order valence-electron chi connectivity index (χ0n) is 16.7. The highest BCUT2D eigenvalue weighted by Crippen LogP contribution is 2.60. The lowest BCUT2D eigenvalue weighted by molar-refractivity contribution is -0.170. The van der Waals surface area contributed by atoms with E-state index in [9.17, 15) is 29.4 Å². The summed E-state index contributed by atoms with van der Waals surface area (Å²) in [6.07, 6.45) is 5.03. The molecular formula is C20H24N2O6S2. The van der Waals surface area contributed by atoms with Gasteiger partial charge in [-0.3, -0.25) is 19.2 Å². The van der Waals surface area contributed by atoms with Crippen LogP contribution in [0.5, 0.6) is 0 Å². The Bertz CT molecular complexity index is 895. The number of carbonyl (C=O) groups excluding carboxylic acids is 4. The number of Topliss-reactive ketones (excluding diaryl/α,β-unsaturated/α-hetero) is 1. The first-order chi connectivity index (χ1) is 14.2. The molecule has 2 aliphatic carbocycles. The van der Waals surface area contributed by atoms with Crippen LogP contribution < -0.4 is 0 Å². The summed E-state index contributed by atoms with van der Waals surface area (Å²) >= 11 is 2.39. The van der Waals surface area contributed by atoms with Gasteiger partial charge in [0.15, 0.2) is 15.5 Å². The number of rotatable bonds is 2. The molecule has 0 aromatic rings. The van der Waals surface area contributed by atoms with E-state index in [2.05, 4.69) is 0 Å². The predicted octanol–water partition coefficient (Wildman–Crippen LogP) is -0.224. The van der Waals surface area contributed by atoms with Gasteiger partial charge in [0.05, 0.1) is 24.3 Å².